The number of halogens is 2. The van der Waals surface area contributed by atoms with Gasteiger partial charge in [0.25, 0.3) is 0 Å². The van der Waals surface area contributed by atoms with E-state index in [9.17, 15) is 9.18 Å². The van der Waals surface area contributed by atoms with Gasteiger partial charge in [-0.2, -0.15) is 5.10 Å². The number of aromatic nitrogens is 2. The second-order valence-electron chi connectivity index (χ2n) is 5.63. The summed E-state index contributed by atoms with van der Waals surface area (Å²) in [4.78, 5) is 12.4. The Morgan fingerprint density at radius 3 is 2.91 bits per heavy atom. The number of carbonyl (C=O) groups excluding carboxylic acids is 1. The Bertz CT molecular complexity index is 676. The van der Waals surface area contributed by atoms with Crippen LogP contribution in [0.3, 0.4) is 0 Å². The third-order valence-electron chi connectivity index (χ3n) is 4.11. The van der Waals surface area contributed by atoms with E-state index >= 15 is 0 Å². The lowest BCUT2D eigenvalue weighted by Gasteiger charge is -2.17. The Morgan fingerprint density at radius 2 is 2.22 bits per heavy atom. The molecule has 1 aliphatic heterocycles. The average molecular weight is 339 g/mol. The third-order valence-corrected chi connectivity index (χ3v) is 4.11. The monoisotopic (exact) mass is 338 g/mol. The first-order valence-corrected chi connectivity index (χ1v) is 7.35. The zero-order valence-electron chi connectivity index (χ0n) is 12.8. The van der Waals surface area contributed by atoms with Crippen LogP contribution in [-0.4, -0.2) is 28.8 Å². The van der Waals surface area contributed by atoms with Gasteiger partial charge in [-0.3, -0.25) is 9.48 Å². The van der Waals surface area contributed by atoms with Crippen LogP contribution in [0.5, 0.6) is 0 Å². The van der Waals surface area contributed by atoms with Crippen molar-refractivity contribution in [2.75, 3.05) is 13.1 Å². The number of hydrogen-bond donors (Lipinski definition) is 2. The number of carbonyl (C=O) groups is 1. The van der Waals surface area contributed by atoms with Gasteiger partial charge in [-0.25, -0.2) is 4.39 Å². The zero-order chi connectivity index (χ0) is 15.5. The lowest BCUT2D eigenvalue weighted by atomic mass is 9.90. The van der Waals surface area contributed by atoms with Crippen LogP contribution in [0.4, 0.5) is 4.39 Å². The van der Waals surface area contributed by atoms with Crippen LogP contribution >= 0.6 is 12.4 Å². The number of rotatable bonds is 4. The molecule has 0 radical (unpaired) electrons. The van der Waals surface area contributed by atoms with E-state index in [0.29, 0.717) is 12.1 Å². The molecule has 7 heteroatoms. The maximum atomic E-state index is 13.6. The van der Waals surface area contributed by atoms with E-state index < -0.39 is 0 Å². The highest BCUT2D eigenvalue weighted by Gasteiger charge is 2.34. The van der Waals surface area contributed by atoms with E-state index in [0.717, 1.165) is 12.1 Å². The van der Waals surface area contributed by atoms with Gasteiger partial charge < -0.3 is 10.6 Å². The molecule has 0 saturated carbocycles. The number of nitrogens with zero attached hydrogens (tertiary/aromatic N) is 2. The summed E-state index contributed by atoms with van der Waals surface area (Å²) in [5.74, 6) is -0.399. The predicted octanol–water partition coefficient (Wildman–Crippen LogP) is 1.60. The van der Waals surface area contributed by atoms with Gasteiger partial charge in [-0.1, -0.05) is 18.2 Å². The number of benzene rings is 1. The molecule has 2 heterocycles. The molecule has 2 aromatic rings. The zero-order valence-corrected chi connectivity index (χ0v) is 13.6. The second-order valence-corrected chi connectivity index (χ2v) is 5.63. The minimum absolute atomic E-state index is 0. The van der Waals surface area contributed by atoms with Gasteiger partial charge in [0.05, 0.1) is 12.1 Å². The van der Waals surface area contributed by atoms with Gasteiger partial charge in [0.2, 0.25) is 5.91 Å². The van der Waals surface area contributed by atoms with Gasteiger partial charge in [0, 0.05) is 44.4 Å². The molecular weight excluding hydrogens is 319 g/mol. The van der Waals surface area contributed by atoms with E-state index in [1.54, 1.807) is 29.1 Å². The van der Waals surface area contributed by atoms with Crippen LogP contribution in [0.2, 0.25) is 0 Å². The fraction of sp³-hybridized carbons (Fsp3) is 0.375. The normalized spacial score (nSPS) is 20.1. The van der Waals surface area contributed by atoms with E-state index in [1.807, 2.05) is 13.2 Å². The first-order valence-electron chi connectivity index (χ1n) is 7.35. The van der Waals surface area contributed by atoms with Crippen LogP contribution in [0, 0.1) is 11.7 Å². The van der Waals surface area contributed by atoms with Crippen molar-refractivity contribution in [3.05, 3.63) is 53.6 Å². The van der Waals surface area contributed by atoms with E-state index in [-0.39, 0.29) is 42.5 Å². The second kappa shape index (κ2) is 7.57. The van der Waals surface area contributed by atoms with Crippen molar-refractivity contribution in [2.45, 2.75) is 12.5 Å². The van der Waals surface area contributed by atoms with Gasteiger partial charge in [0.15, 0.2) is 0 Å². The number of aryl methyl sites for hydroxylation is 1. The molecule has 5 nitrogen and oxygen atoms in total. The summed E-state index contributed by atoms with van der Waals surface area (Å²) < 4.78 is 15.3. The van der Waals surface area contributed by atoms with Crippen molar-refractivity contribution in [1.82, 2.24) is 20.4 Å². The van der Waals surface area contributed by atoms with Crippen LogP contribution in [-0.2, 0) is 18.4 Å². The Kier molecular flexibility index (Phi) is 5.74. The number of nitrogens with one attached hydrogen (secondary N) is 2. The Balaban J connectivity index is 0.00000192. The Hall–Kier alpha value is -1.92. The van der Waals surface area contributed by atoms with Crippen molar-refractivity contribution < 1.29 is 9.18 Å². The first kappa shape index (κ1) is 17.4. The van der Waals surface area contributed by atoms with Gasteiger partial charge in [0.1, 0.15) is 5.82 Å². The molecule has 1 saturated heterocycles. The predicted molar refractivity (Wildman–Crippen MR) is 87.8 cm³/mol. The topological polar surface area (TPSA) is 59.0 Å². The van der Waals surface area contributed by atoms with E-state index in [4.69, 9.17) is 0 Å². The third kappa shape index (κ3) is 3.89. The number of amides is 1. The minimum Gasteiger partial charge on any atom is -0.352 e. The molecule has 23 heavy (non-hydrogen) atoms. The maximum Gasteiger partial charge on any atom is 0.225 e. The molecule has 0 spiro atoms. The van der Waals surface area contributed by atoms with Crippen molar-refractivity contribution in [2.24, 2.45) is 13.0 Å². The molecule has 1 aliphatic rings. The van der Waals surface area contributed by atoms with Crippen molar-refractivity contribution in [1.29, 1.82) is 0 Å². The maximum absolute atomic E-state index is 13.6. The fourth-order valence-electron chi connectivity index (χ4n) is 2.89. The summed E-state index contributed by atoms with van der Waals surface area (Å²) in [6, 6.07) is 6.48. The molecular formula is C16H20ClFN4O. The lowest BCUT2D eigenvalue weighted by molar-refractivity contribution is -0.125. The molecule has 1 amide bonds. The number of hydrogen-bond acceptors (Lipinski definition) is 3. The highest BCUT2D eigenvalue weighted by Crippen LogP contribution is 2.27. The average Bonchev–Trinajstić information content (AvgIpc) is 3.14. The molecule has 1 aromatic carbocycles. The molecule has 2 N–H and O–H groups in total. The quantitative estimate of drug-likeness (QED) is 0.890. The standard InChI is InChI=1S/C16H19FN4O.ClH/c1-21-10-12(7-20-21)13-8-18-9-14(13)16(22)19-6-11-4-2-3-5-15(11)17;/h2-5,7,10,13-14,18H,6,8-9H2,1H3,(H,19,22);1H/t13-,14+;/m1./s1. The summed E-state index contributed by atoms with van der Waals surface area (Å²) in [6.07, 6.45) is 3.74. The molecule has 0 aliphatic carbocycles. The summed E-state index contributed by atoms with van der Waals surface area (Å²) >= 11 is 0. The van der Waals surface area contributed by atoms with Crippen molar-refractivity contribution in [3.8, 4) is 0 Å². The molecule has 1 aromatic heterocycles. The van der Waals surface area contributed by atoms with Gasteiger partial charge in [-0.15, -0.1) is 12.4 Å². The van der Waals surface area contributed by atoms with Crippen LogP contribution in [0.25, 0.3) is 0 Å². The smallest absolute Gasteiger partial charge is 0.225 e. The Morgan fingerprint density at radius 1 is 1.43 bits per heavy atom. The molecule has 2 atom stereocenters. The molecule has 124 valence electrons. The van der Waals surface area contributed by atoms with Gasteiger partial charge >= 0.3 is 0 Å². The molecule has 0 bridgehead atoms. The first-order chi connectivity index (χ1) is 10.6. The van der Waals surface area contributed by atoms with Crippen molar-refractivity contribution in [3.63, 3.8) is 0 Å². The lowest BCUT2D eigenvalue weighted by Crippen LogP contribution is -2.34. The highest BCUT2D eigenvalue weighted by molar-refractivity contribution is 5.85. The molecule has 3 rings (SSSR count). The summed E-state index contributed by atoms with van der Waals surface area (Å²) in [6.45, 7) is 1.59. The summed E-state index contributed by atoms with van der Waals surface area (Å²) in [5, 5.41) is 10.3. The van der Waals surface area contributed by atoms with E-state index in [2.05, 4.69) is 15.7 Å². The Labute approximate surface area is 140 Å². The summed E-state index contributed by atoms with van der Waals surface area (Å²) in [5.41, 5.74) is 1.55. The molecule has 0 unspecified atom stereocenters. The SMILES string of the molecule is Cl.Cn1cc([C@H]2CNC[C@@H]2C(=O)NCc2ccccc2F)cn1. The van der Waals surface area contributed by atoms with Gasteiger partial charge in [-0.05, 0) is 11.6 Å². The fourth-order valence-corrected chi connectivity index (χ4v) is 2.89. The van der Waals surface area contributed by atoms with Crippen molar-refractivity contribution >= 4 is 18.3 Å². The molecule has 1 fully saturated rings. The van der Waals surface area contributed by atoms with Crippen LogP contribution in [0.1, 0.15) is 17.0 Å². The minimum atomic E-state index is -0.295. The van der Waals surface area contributed by atoms with Crippen LogP contribution in [0.15, 0.2) is 36.7 Å². The summed E-state index contributed by atoms with van der Waals surface area (Å²) in [7, 11) is 1.86. The van der Waals surface area contributed by atoms with Crippen LogP contribution < -0.4 is 10.6 Å². The van der Waals surface area contributed by atoms with E-state index in [1.165, 1.54) is 6.07 Å². The highest BCUT2D eigenvalue weighted by atomic mass is 35.5. The largest absolute Gasteiger partial charge is 0.352 e.